The van der Waals surface area contributed by atoms with E-state index in [0.29, 0.717) is 19.8 Å². The number of ether oxygens (including phenoxy) is 2. The van der Waals surface area contributed by atoms with Crippen LogP contribution in [0.1, 0.15) is 41.9 Å². The Morgan fingerprint density at radius 1 is 1.31 bits per heavy atom. The molecule has 2 amide bonds. The molecule has 0 bridgehead atoms. The van der Waals surface area contributed by atoms with E-state index in [0.717, 1.165) is 42.0 Å². The Hall–Kier alpha value is -2.70. The molecule has 1 aromatic heterocycles. The number of carbonyl (C=O) groups is 1. The van der Waals surface area contributed by atoms with Gasteiger partial charge in [-0.3, -0.25) is 5.10 Å². The van der Waals surface area contributed by atoms with Crippen molar-refractivity contribution in [3.63, 3.8) is 0 Å². The number of nitrogens with zero attached hydrogens (tertiary/aromatic N) is 2. The van der Waals surface area contributed by atoms with Crippen molar-refractivity contribution in [2.45, 2.75) is 38.8 Å². The van der Waals surface area contributed by atoms with E-state index in [1.165, 1.54) is 11.3 Å². The second-order valence-corrected chi connectivity index (χ2v) is 6.83. The summed E-state index contributed by atoms with van der Waals surface area (Å²) >= 11 is 0. The lowest BCUT2D eigenvalue weighted by Crippen LogP contribution is -2.38. The number of carbonyl (C=O) groups excluding carboxylic acids is 1. The van der Waals surface area contributed by atoms with Gasteiger partial charge in [-0.05, 0) is 49.4 Å². The maximum Gasteiger partial charge on any atom is 0.317 e. The average Bonchev–Trinajstić information content (AvgIpc) is 3.28. The molecule has 138 valence electrons. The minimum absolute atomic E-state index is 0.0873. The molecule has 0 spiro atoms. The lowest BCUT2D eigenvalue weighted by Gasteiger charge is -2.27. The van der Waals surface area contributed by atoms with E-state index < -0.39 is 0 Å². The SMILES string of the molecule is C[C@H](c1ccc2c(c1)OCCO2)N(C)C(=O)NCc1n[nH]c2c1CCC2. The van der Waals surface area contributed by atoms with Crippen LogP contribution in [0.2, 0.25) is 0 Å². The zero-order valence-electron chi connectivity index (χ0n) is 15.2. The van der Waals surface area contributed by atoms with Crippen molar-refractivity contribution in [1.29, 1.82) is 0 Å². The van der Waals surface area contributed by atoms with E-state index in [4.69, 9.17) is 9.47 Å². The monoisotopic (exact) mass is 356 g/mol. The summed E-state index contributed by atoms with van der Waals surface area (Å²) in [5.41, 5.74) is 4.44. The van der Waals surface area contributed by atoms with Crippen LogP contribution < -0.4 is 14.8 Å². The molecule has 26 heavy (non-hydrogen) atoms. The first-order chi connectivity index (χ1) is 12.6. The normalized spacial score (nSPS) is 16.1. The molecule has 2 aliphatic rings. The van der Waals surface area contributed by atoms with Crippen LogP contribution in [-0.4, -0.2) is 41.4 Å². The fraction of sp³-hybridized carbons (Fsp3) is 0.474. The Balaban J connectivity index is 1.39. The maximum absolute atomic E-state index is 12.6. The molecule has 2 aromatic rings. The van der Waals surface area contributed by atoms with Crippen molar-refractivity contribution in [1.82, 2.24) is 20.4 Å². The quantitative estimate of drug-likeness (QED) is 0.882. The van der Waals surface area contributed by atoms with Crippen molar-refractivity contribution in [2.75, 3.05) is 20.3 Å². The molecule has 0 saturated carbocycles. The van der Waals surface area contributed by atoms with Crippen LogP contribution in [0.3, 0.4) is 0 Å². The summed E-state index contributed by atoms with van der Waals surface area (Å²) in [7, 11) is 1.80. The number of fused-ring (bicyclic) bond motifs is 2. The predicted octanol–water partition coefficient (Wildman–Crippen LogP) is 2.57. The van der Waals surface area contributed by atoms with E-state index in [1.54, 1.807) is 11.9 Å². The van der Waals surface area contributed by atoms with Crippen molar-refractivity contribution >= 4 is 6.03 Å². The van der Waals surface area contributed by atoms with Crippen LogP contribution in [0.25, 0.3) is 0 Å². The van der Waals surface area contributed by atoms with Gasteiger partial charge in [-0.2, -0.15) is 5.10 Å². The summed E-state index contributed by atoms with van der Waals surface area (Å²) in [6.07, 6.45) is 3.25. The second kappa shape index (κ2) is 6.90. The molecule has 0 saturated heterocycles. The van der Waals surface area contributed by atoms with Gasteiger partial charge in [0.2, 0.25) is 0 Å². The highest BCUT2D eigenvalue weighted by Gasteiger charge is 2.22. The van der Waals surface area contributed by atoms with Gasteiger partial charge in [-0.25, -0.2) is 4.79 Å². The van der Waals surface area contributed by atoms with Crippen LogP contribution in [0.15, 0.2) is 18.2 Å². The van der Waals surface area contributed by atoms with Crippen molar-refractivity contribution in [3.8, 4) is 11.5 Å². The Labute approximate surface area is 152 Å². The molecule has 0 fully saturated rings. The molecule has 0 radical (unpaired) electrons. The number of aryl methyl sites for hydroxylation is 1. The molecule has 7 nitrogen and oxygen atoms in total. The zero-order chi connectivity index (χ0) is 18.1. The number of rotatable bonds is 4. The molecule has 4 rings (SSSR count). The lowest BCUT2D eigenvalue weighted by molar-refractivity contribution is 0.170. The molecule has 1 aliphatic heterocycles. The lowest BCUT2D eigenvalue weighted by atomic mass is 10.1. The molecule has 1 aromatic carbocycles. The predicted molar refractivity (Wildman–Crippen MR) is 96.5 cm³/mol. The van der Waals surface area contributed by atoms with Gasteiger partial charge in [0.15, 0.2) is 11.5 Å². The number of hydrogen-bond donors (Lipinski definition) is 2. The second-order valence-electron chi connectivity index (χ2n) is 6.83. The maximum atomic E-state index is 12.6. The molecule has 0 unspecified atom stereocenters. The van der Waals surface area contributed by atoms with E-state index in [2.05, 4.69) is 15.5 Å². The first-order valence-corrected chi connectivity index (χ1v) is 9.08. The van der Waals surface area contributed by atoms with Crippen LogP contribution in [-0.2, 0) is 19.4 Å². The first kappa shape index (κ1) is 16.8. The van der Waals surface area contributed by atoms with Gasteiger partial charge in [0, 0.05) is 12.7 Å². The van der Waals surface area contributed by atoms with Crippen LogP contribution >= 0.6 is 0 Å². The number of benzene rings is 1. The number of nitrogens with one attached hydrogen (secondary N) is 2. The van der Waals surface area contributed by atoms with Gasteiger partial charge in [-0.15, -0.1) is 0 Å². The van der Waals surface area contributed by atoms with Crippen LogP contribution in [0, 0.1) is 0 Å². The first-order valence-electron chi connectivity index (χ1n) is 9.08. The summed E-state index contributed by atoms with van der Waals surface area (Å²) in [5.74, 6) is 1.49. The van der Waals surface area contributed by atoms with Gasteiger partial charge in [0.25, 0.3) is 0 Å². The number of aromatic nitrogens is 2. The fourth-order valence-corrected chi connectivity index (χ4v) is 3.54. The third-order valence-electron chi connectivity index (χ3n) is 5.25. The molecule has 1 aliphatic carbocycles. The Kier molecular flexibility index (Phi) is 4.44. The van der Waals surface area contributed by atoms with Gasteiger partial charge in [0.1, 0.15) is 13.2 Å². The number of amides is 2. The largest absolute Gasteiger partial charge is 0.486 e. The Morgan fingerprint density at radius 3 is 2.96 bits per heavy atom. The summed E-state index contributed by atoms with van der Waals surface area (Å²) in [6, 6.07) is 5.61. The molecule has 2 N–H and O–H groups in total. The van der Waals surface area contributed by atoms with E-state index >= 15 is 0 Å². The molecule has 7 heteroatoms. The van der Waals surface area contributed by atoms with E-state index in [1.807, 2.05) is 25.1 Å². The van der Waals surface area contributed by atoms with Gasteiger partial charge in [-0.1, -0.05) is 6.07 Å². The molecular formula is C19H24N4O3. The van der Waals surface area contributed by atoms with Gasteiger partial charge >= 0.3 is 6.03 Å². The van der Waals surface area contributed by atoms with Gasteiger partial charge in [0.05, 0.1) is 18.3 Å². The minimum Gasteiger partial charge on any atom is -0.486 e. The Bertz CT molecular complexity index is 817. The highest BCUT2D eigenvalue weighted by Crippen LogP contribution is 2.33. The molecule has 2 heterocycles. The third kappa shape index (κ3) is 3.09. The minimum atomic E-state index is -0.123. The van der Waals surface area contributed by atoms with E-state index in [-0.39, 0.29) is 12.1 Å². The highest BCUT2D eigenvalue weighted by molar-refractivity contribution is 5.74. The van der Waals surface area contributed by atoms with Crippen LogP contribution in [0.5, 0.6) is 11.5 Å². The third-order valence-corrected chi connectivity index (χ3v) is 5.25. The molecule has 1 atom stereocenters. The number of urea groups is 1. The fourth-order valence-electron chi connectivity index (χ4n) is 3.54. The standard InChI is InChI=1S/C19H24N4O3/c1-12(13-6-7-17-18(10-13)26-9-8-25-17)23(2)19(24)20-11-16-14-4-3-5-15(14)21-22-16/h6-7,10,12H,3-5,8-9,11H2,1-2H3,(H,20,24)(H,21,22)/t12-/m1/s1. The van der Waals surface area contributed by atoms with Crippen molar-refractivity contribution < 1.29 is 14.3 Å². The number of aromatic amines is 1. The molecular weight excluding hydrogens is 332 g/mol. The van der Waals surface area contributed by atoms with E-state index in [9.17, 15) is 4.79 Å². The summed E-state index contributed by atoms with van der Waals surface area (Å²) in [4.78, 5) is 14.3. The number of hydrogen-bond acceptors (Lipinski definition) is 4. The Morgan fingerprint density at radius 2 is 2.12 bits per heavy atom. The van der Waals surface area contributed by atoms with Crippen molar-refractivity contribution in [3.05, 3.63) is 40.7 Å². The van der Waals surface area contributed by atoms with Crippen molar-refractivity contribution in [2.24, 2.45) is 0 Å². The summed E-state index contributed by atoms with van der Waals surface area (Å²) < 4.78 is 11.2. The summed E-state index contributed by atoms with van der Waals surface area (Å²) in [5, 5.41) is 10.4. The zero-order valence-corrected chi connectivity index (χ0v) is 15.2. The highest BCUT2D eigenvalue weighted by atomic mass is 16.6. The summed E-state index contributed by atoms with van der Waals surface area (Å²) in [6.45, 7) is 3.57. The smallest absolute Gasteiger partial charge is 0.317 e. The number of H-pyrrole nitrogens is 1. The average molecular weight is 356 g/mol. The topological polar surface area (TPSA) is 79.5 Å². The van der Waals surface area contributed by atoms with Crippen LogP contribution in [0.4, 0.5) is 4.79 Å². The van der Waals surface area contributed by atoms with Gasteiger partial charge < -0.3 is 19.7 Å².